The average Bonchev–Trinajstić information content (AvgIpc) is 3.00. The summed E-state index contributed by atoms with van der Waals surface area (Å²) in [4.78, 5) is 40.5. The quantitative estimate of drug-likeness (QED) is 0.785. The number of amides is 2. The van der Waals surface area contributed by atoms with Crippen molar-refractivity contribution in [2.45, 2.75) is 13.0 Å². The van der Waals surface area contributed by atoms with Gasteiger partial charge in [0.05, 0.1) is 11.4 Å². The number of esters is 1. The summed E-state index contributed by atoms with van der Waals surface area (Å²) in [6, 6.07) is 8.52. The highest BCUT2D eigenvalue weighted by Crippen LogP contribution is 2.29. The molecule has 0 radical (unpaired) electrons. The first-order valence-corrected chi connectivity index (χ1v) is 8.00. The van der Waals surface area contributed by atoms with Gasteiger partial charge in [-0.15, -0.1) is 0 Å². The lowest BCUT2D eigenvalue weighted by atomic mass is 10.1. The monoisotopic (exact) mass is 391 g/mol. The number of benzene rings is 1. The number of ether oxygens (including phenoxy) is 1. The van der Waals surface area contributed by atoms with Gasteiger partial charge in [-0.2, -0.15) is 0 Å². The number of halogens is 1. The van der Waals surface area contributed by atoms with Crippen molar-refractivity contribution >= 4 is 45.1 Å². The van der Waals surface area contributed by atoms with E-state index in [0.717, 1.165) is 0 Å². The molecule has 1 aliphatic heterocycles. The Bertz CT molecular complexity index is 817. The van der Waals surface area contributed by atoms with Crippen LogP contribution in [0.25, 0.3) is 0 Å². The van der Waals surface area contributed by atoms with Crippen molar-refractivity contribution in [3.8, 4) is 0 Å². The van der Waals surface area contributed by atoms with Crippen LogP contribution >= 0.6 is 15.9 Å². The molecule has 0 fully saturated rings. The molecule has 2 N–H and O–H groups in total. The normalized spacial score (nSPS) is 14.6. The Hall–Kier alpha value is -2.61. The fourth-order valence-corrected chi connectivity index (χ4v) is 2.75. The van der Waals surface area contributed by atoms with Gasteiger partial charge in [0.1, 0.15) is 12.2 Å². The molecule has 0 spiro atoms. The zero-order valence-electron chi connectivity index (χ0n) is 12.7. The third-order valence-electron chi connectivity index (χ3n) is 3.54. The SMILES string of the molecule is C[C@@H](OC(=O)c1cc(Br)c[nH]1)C(=O)N1CC(=O)Nc2ccccc21. The molecule has 2 aromatic rings. The second-order valence-electron chi connectivity index (χ2n) is 5.27. The molecule has 1 aromatic carbocycles. The van der Waals surface area contributed by atoms with Crippen molar-refractivity contribution in [2.24, 2.45) is 0 Å². The van der Waals surface area contributed by atoms with Gasteiger partial charge in [-0.25, -0.2) is 4.79 Å². The van der Waals surface area contributed by atoms with Crippen LogP contribution in [0.5, 0.6) is 0 Å². The number of hydrogen-bond donors (Lipinski definition) is 2. The molecule has 0 aliphatic carbocycles. The summed E-state index contributed by atoms with van der Waals surface area (Å²) in [5, 5.41) is 2.70. The van der Waals surface area contributed by atoms with Crippen LogP contribution in [0.1, 0.15) is 17.4 Å². The topological polar surface area (TPSA) is 91.5 Å². The molecule has 0 saturated carbocycles. The second-order valence-corrected chi connectivity index (χ2v) is 6.18. The van der Waals surface area contributed by atoms with Gasteiger partial charge in [-0.05, 0) is 41.1 Å². The van der Waals surface area contributed by atoms with E-state index in [9.17, 15) is 14.4 Å². The number of rotatable bonds is 3. The van der Waals surface area contributed by atoms with Gasteiger partial charge in [0.2, 0.25) is 5.91 Å². The van der Waals surface area contributed by atoms with Crippen molar-refractivity contribution in [3.05, 3.63) is 46.7 Å². The minimum Gasteiger partial charge on any atom is -0.448 e. The zero-order valence-corrected chi connectivity index (χ0v) is 14.3. The number of aromatic nitrogens is 1. The highest BCUT2D eigenvalue weighted by Gasteiger charge is 2.31. The fourth-order valence-electron chi connectivity index (χ4n) is 2.41. The zero-order chi connectivity index (χ0) is 17.3. The highest BCUT2D eigenvalue weighted by atomic mass is 79.9. The van der Waals surface area contributed by atoms with Gasteiger partial charge in [-0.1, -0.05) is 12.1 Å². The second kappa shape index (κ2) is 6.48. The maximum Gasteiger partial charge on any atom is 0.355 e. The van der Waals surface area contributed by atoms with E-state index >= 15 is 0 Å². The van der Waals surface area contributed by atoms with E-state index in [0.29, 0.717) is 15.8 Å². The number of hydrogen-bond acceptors (Lipinski definition) is 4. The minimum absolute atomic E-state index is 0.119. The van der Waals surface area contributed by atoms with Crippen LogP contribution in [-0.2, 0) is 14.3 Å². The first kappa shape index (κ1) is 16.3. The standard InChI is InChI=1S/C16H14BrN3O4/c1-9(24-16(23)12-6-10(17)7-18-12)15(22)20-8-14(21)19-11-4-2-3-5-13(11)20/h2-7,9,18H,8H2,1H3,(H,19,21)/t9-/m1/s1. The molecule has 3 rings (SSSR count). The van der Waals surface area contributed by atoms with Crippen molar-refractivity contribution in [3.63, 3.8) is 0 Å². The van der Waals surface area contributed by atoms with Crippen molar-refractivity contribution < 1.29 is 19.1 Å². The van der Waals surface area contributed by atoms with Gasteiger partial charge in [0.15, 0.2) is 6.10 Å². The number of nitrogens with zero attached hydrogens (tertiary/aromatic N) is 1. The predicted octanol–water partition coefficient (Wildman–Crippen LogP) is 2.31. The Labute approximate surface area is 146 Å². The van der Waals surface area contributed by atoms with E-state index in [1.165, 1.54) is 11.8 Å². The van der Waals surface area contributed by atoms with E-state index in [2.05, 4.69) is 26.2 Å². The third-order valence-corrected chi connectivity index (χ3v) is 3.99. The summed E-state index contributed by atoms with van der Waals surface area (Å²) in [5.41, 5.74) is 1.36. The van der Waals surface area contributed by atoms with Crippen LogP contribution in [-0.4, -0.2) is 35.4 Å². The van der Waals surface area contributed by atoms with E-state index in [1.54, 1.807) is 36.5 Å². The minimum atomic E-state index is -1.03. The lowest BCUT2D eigenvalue weighted by molar-refractivity contribution is -0.128. The Balaban J connectivity index is 1.76. The smallest absolute Gasteiger partial charge is 0.355 e. The van der Waals surface area contributed by atoms with E-state index in [1.807, 2.05) is 0 Å². The summed E-state index contributed by atoms with van der Waals surface area (Å²) in [6.07, 6.45) is 0.562. The van der Waals surface area contributed by atoms with Crippen LogP contribution < -0.4 is 10.2 Å². The molecular weight excluding hydrogens is 378 g/mol. The first-order valence-electron chi connectivity index (χ1n) is 7.21. The maximum absolute atomic E-state index is 12.6. The van der Waals surface area contributed by atoms with Crippen LogP contribution in [0, 0.1) is 0 Å². The maximum atomic E-state index is 12.6. The summed E-state index contributed by atoms with van der Waals surface area (Å²) in [5.74, 6) is -1.40. The molecule has 2 amide bonds. The molecular formula is C16H14BrN3O4. The molecule has 0 saturated heterocycles. The molecule has 1 atom stereocenters. The Morgan fingerprint density at radius 3 is 2.79 bits per heavy atom. The number of anilines is 2. The molecule has 0 unspecified atom stereocenters. The van der Waals surface area contributed by atoms with Crippen molar-refractivity contribution in [1.82, 2.24) is 4.98 Å². The van der Waals surface area contributed by atoms with Gasteiger partial charge >= 0.3 is 5.97 Å². The molecule has 8 heteroatoms. The van der Waals surface area contributed by atoms with Crippen molar-refractivity contribution in [2.75, 3.05) is 16.8 Å². The highest BCUT2D eigenvalue weighted by molar-refractivity contribution is 9.10. The van der Waals surface area contributed by atoms with E-state index < -0.39 is 18.0 Å². The molecule has 124 valence electrons. The predicted molar refractivity (Wildman–Crippen MR) is 90.8 cm³/mol. The molecule has 1 aliphatic rings. The number of H-pyrrole nitrogens is 1. The third kappa shape index (κ3) is 3.18. The largest absolute Gasteiger partial charge is 0.448 e. The van der Waals surface area contributed by atoms with Crippen LogP contribution in [0.15, 0.2) is 41.0 Å². The number of para-hydroxylation sites is 2. The number of fused-ring (bicyclic) bond motifs is 1. The fraction of sp³-hybridized carbons (Fsp3) is 0.188. The Morgan fingerprint density at radius 2 is 2.08 bits per heavy atom. The molecule has 7 nitrogen and oxygen atoms in total. The number of carbonyl (C=O) groups is 3. The summed E-state index contributed by atoms with van der Waals surface area (Å²) in [6.45, 7) is 1.36. The molecule has 2 heterocycles. The molecule has 24 heavy (non-hydrogen) atoms. The van der Waals surface area contributed by atoms with Gasteiger partial charge in [0.25, 0.3) is 5.91 Å². The van der Waals surface area contributed by atoms with Crippen LogP contribution in [0.2, 0.25) is 0 Å². The van der Waals surface area contributed by atoms with Crippen LogP contribution in [0.4, 0.5) is 11.4 Å². The van der Waals surface area contributed by atoms with Gasteiger partial charge in [0, 0.05) is 10.7 Å². The lowest BCUT2D eigenvalue weighted by Crippen LogP contribution is -2.47. The molecule has 1 aromatic heterocycles. The Kier molecular flexibility index (Phi) is 4.39. The van der Waals surface area contributed by atoms with E-state index in [-0.39, 0.29) is 18.1 Å². The summed E-state index contributed by atoms with van der Waals surface area (Å²) < 4.78 is 5.90. The number of nitrogens with one attached hydrogen (secondary N) is 2. The van der Waals surface area contributed by atoms with Crippen LogP contribution in [0.3, 0.4) is 0 Å². The van der Waals surface area contributed by atoms with Gasteiger partial charge in [-0.3, -0.25) is 14.5 Å². The Morgan fingerprint density at radius 1 is 1.33 bits per heavy atom. The molecule has 0 bridgehead atoms. The van der Waals surface area contributed by atoms with Gasteiger partial charge < -0.3 is 15.0 Å². The summed E-state index contributed by atoms with van der Waals surface area (Å²) >= 11 is 3.22. The number of aromatic amines is 1. The average molecular weight is 392 g/mol. The first-order chi connectivity index (χ1) is 11.5. The van der Waals surface area contributed by atoms with E-state index in [4.69, 9.17) is 4.74 Å². The summed E-state index contributed by atoms with van der Waals surface area (Å²) in [7, 11) is 0. The lowest BCUT2D eigenvalue weighted by Gasteiger charge is -2.30. The van der Waals surface area contributed by atoms with Crippen molar-refractivity contribution in [1.29, 1.82) is 0 Å². The number of carbonyl (C=O) groups excluding carboxylic acids is 3.